The number of aliphatic hydroxyl groups excluding tert-OH is 1. The largest absolute Gasteiger partial charge is 0.391 e. The molecule has 1 atom stereocenters. The number of β-amino-alcohol motifs (C(OH)–C–C–N with tert-alkyl or cyclic N) is 1. The number of carbonyl (C=O) groups is 2. The van der Waals surface area contributed by atoms with E-state index in [1.54, 1.807) is 6.07 Å². The molecule has 0 aliphatic carbocycles. The molecule has 128 valence electrons. The maximum atomic E-state index is 12.2. The smallest absolute Gasteiger partial charge is 0.313 e. The van der Waals surface area contributed by atoms with Crippen molar-refractivity contribution >= 4 is 28.4 Å². The van der Waals surface area contributed by atoms with Crippen molar-refractivity contribution in [1.82, 2.24) is 9.47 Å². The molecular formula is C18H23N3O3. The molecule has 0 saturated carbocycles. The first-order valence-electron chi connectivity index (χ1n) is 8.45. The summed E-state index contributed by atoms with van der Waals surface area (Å²) >= 11 is 0. The van der Waals surface area contributed by atoms with Crippen LogP contribution in [0.2, 0.25) is 0 Å². The summed E-state index contributed by atoms with van der Waals surface area (Å²) in [5, 5.41) is 13.4. The van der Waals surface area contributed by atoms with E-state index in [1.165, 1.54) is 4.90 Å². The Bertz CT molecular complexity index is 753. The third-order valence-electron chi connectivity index (χ3n) is 4.37. The zero-order chi connectivity index (χ0) is 17.1. The SMILES string of the molecule is CCCn1ccc2ccc(NC(=O)C(=O)N3CCCC(O)C3)cc21. The Kier molecular flexibility index (Phi) is 4.85. The zero-order valence-electron chi connectivity index (χ0n) is 13.9. The fraction of sp³-hybridized carbons (Fsp3) is 0.444. The molecular weight excluding hydrogens is 306 g/mol. The molecule has 1 saturated heterocycles. The minimum absolute atomic E-state index is 0.227. The van der Waals surface area contributed by atoms with E-state index in [9.17, 15) is 14.7 Å². The maximum Gasteiger partial charge on any atom is 0.313 e. The molecule has 0 radical (unpaired) electrons. The molecule has 0 spiro atoms. The van der Waals surface area contributed by atoms with Crippen LogP contribution in [0.15, 0.2) is 30.5 Å². The van der Waals surface area contributed by atoms with Gasteiger partial charge in [-0.25, -0.2) is 0 Å². The van der Waals surface area contributed by atoms with Crippen LogP contribution < -0.4 is 5.32 Å². The van der Waals surface area contributed by atoms with Crippen molar-refractivity contribution in [3.63, 3.8) is 0 Å². The van der Waals surface area contributed by atoms with Gasteiger partial charge in [-0.1, -0.05) is 13.0 Å². The molecule has 6 nitrogen and oxygen atoms in total. The Labute approximate surface area is 141 Å². The van der Waals surface area contributed by atoms with Crippen LogP contribution in [-0.2, 0) is 16.1 Å². The second kappa shape index (κ2) is 7.05. The van der Waals surface area contributed by atoms with Crippen LogP contribution in [0.3, 0.4) is 0 Å². The minimum atomic E-state index is -0.656. The second-order valence-corrected chi connectivity index (χ2v) is 6.28. The average molecular weight is 329 g/mol. The number of piperidine rings is 1. The lowest BCUT2D eigenvalue weighted by atomic mass is 10.1. The topological polar surface area (TPSA) is 74.6 Å². The van der Waals surface area contributed by atoms with Crippen LogP contribution in [0.1, 0.15) is 26.2 Å². The van der Waals surface area contributed by atoms with Gasteiger partial charge >= 0.3 is 11.8 Å². The molecule has 6 heteroatoms. The summed E-state index contributed by atoms with van der Waals surface area (Å²) < 4.78 is 2.13. The number of amides is 2. The number of fused-ring (bicyclic) bond motifs is 1. The lowest BCUT2D eigenvalue weighted by Gasteiger charge is -2.29. The standard InChI is InChI=1S/C18H23N3O3/c1-2-8-20-10-7-13-5-6-14(11-16(13)20)19-17(23)18(24)21-9-3-4-15(22)12-21/h5-7,10-11,15,22H,2-4,8-9,12H2,1H3,(H,19,23). The van der Waals surface area contributed by atoms with Gasteiger partial charge in [0.2, 0.25) is 0 Å². The van der Waals surface area contributed by atoms with E-state index in [0.29, 0.717) is 18.7 Å². The fourth-order valence-corrected chi connectivity index (χ4v) is 3.16. The molecule has 2 heterocycles. The van der Waals surface area contributed by atoms with Gasteiger partial charge in [-0.2, -0.15) is 0 Å². The van der Waals surface area contributed by atoms with Gasteiger partial charge < -0.3 is 19.9 Å². The summed E-state index contributed by atoms with van der Waals surface area (Å²) in [6.45, 7) is 3.76. The lowest BCUT2D eigenvalue weighted by Crippen LogP contribution is -2.46. The van der Waals surface area contributed by atoms with Crippen molar-refractivity contribution in [2.45, 2.75) is 38.8 Å². The average Bonchev–Trinajstić information content (AvgIpc) is 2.97. The van der Waals surface area contributed by atoms with E-state index in [0.717, 1.165) is 30.3 Å². The second-order valence-electron chi connectivity index (χ2n) is 6.28. The van der Waals surface area contributed by atoms with Crippen LogP contribution in [-0.4, -0.2) is 45.6 Å². The molecule has 3 rings (SSSR count). The number of benzene rings is 1. The number of likely N-dealkylation sites (tertiary alicyclic amines) is 1. The van der Waals surface area contributed by atoms with Crippen molar-refractivity contribution in [2.75, 3.05) is 18.4 Å². The molecule has 1 unspecified atom stereocenters. The number of aliphatic hydroxyl groups is 1. The van der Waals surface area contributed by atoms with Crippen molar-refractivity contribution < 1.29 is 14.7 Å². The molecule has 1 aliphatic heterocycles. The van der Waals surface area contributed by atoms with Gasteiger partial charge in [0.15, 0.2) is 0 Å². The summed E-state index contributed by atoms with van der Waals surface area (Å²) in [4.78, 5) is 25.9. The molecule has 1 aliphatic rings. The molecule has 1 aromatic heterocycles. The van der Waals surface area contributed by atoms with E-state index < -0.39 is 17.9 Å². The van der Waals surface area contributed by atoms with Crippen LogP contribution >= 0.6 is 0 Å². The first-order valence-corrected chi connectivity index (χ1v) is 8.45. The zero-order valence-corrected chi connectivity index (χ0v) is 13.9. The lowest BCUT2D eigenvalue weighted by molar-refractivity contribution is -0.145. The molecule has 24 heavy (non-hydrogen) atoms. The van der Waals surface area contributed by atoms with Crippen LogP contribution in [0.25, 0.3) is 10.9 Å². The quantitative estimate of drug-likeness (QED) is 0.846. The Morgan fingerprint density at radius 3 is 2.92 bits per heavy atom. The Hall–Kier alpha value is -2.34. The summed E-state index contributed by atoms with van der Waals surface area (Å²) in [6.07, 6.45) is 3.91. The summed E-state index contributed by atoms with van der Waals surface area (Å²) in [6, 6.07) is 7.67. The molecule has 1 fully saturated rings. The van der Waals surface area contributed by atoms with E-state index in [1.807, 2.05) is 24.4 Å². The van der Waals surface area contributed by atoms with Crippen LogP contribution in [0, 0.1) is 0 Å². The van der Waals surface area contributed by atoms with Gasteiger partial charge in [-0.3, -0.25) is 9.59 Å². The number of aryl methyl sites for hydroxylation is 1. The van der Waals surface area contributed by atoms with Crippen molar-refractivity contribution in [3.8, 4) is 0 Å². The van der Waals surface area contributed by atoms with E-state index in [-0.39, 0.29) is 6.54 Å². The summed E-state index contributed by atoms with van der Waals surface area (Å²) in [7, 11) is 0. The van der Waals surface area contributed by atoms with E-state index in [4.69, 9.17) is 0 Å². The highest BCUT2D eigenvalue weighted by Crippen LogP contribution is 2.21. The van der Waals surface area contributed by atoms with Gasteiger partial charge in [0.1, 0.15) is 0 Å². The Balaban J connectivity index is 1.72. The van der Waals surface area contributed by atoms with Crippen molar-refractivity contribution in [3.05, 3.63) is 30.5 Å². The molecule has 2 amide bonds. The van der Waals surface area contributed by atoms with Gasteiger partial charge in [-0.15, -0.1) is 0 Å². The molecule has 2 aromatic rings. The number of aromatic nitrogens is 1. The predicted octanol–water partition coefficient (Wildman–Crippen LogP) is 1.97. The number of nitrogens with zero attached hydrogens (tertiary/aromatic N) is 2. The van der Waals surface area contributed by atoms with Gasteiger partial charge in [0, 0.05) is 31.5 Å². The Morgan fingerprint density at radius 2 is 2.17 bits per heavy atom. The number of anilines is 1. The molecule has 2 N–H and O–H groups in total. The van der Waals surface area contributed by atoms with Crippen molar-refractivity contribution in [2.24, 2.45) is 0 Å². The first kappa shape index (κ1) is 16.5. The normalized spacial score (nSPS) is 17.9. The highest BCUT2D eigenvalue weighted by molar-refractivity contribution is 6.39. The fourth-order valence-electron chi connectivity index (χ4n) is 3.16. The molecule has 1 aromatic carbocycles. The predicted molar refractivity (Wildman–Crippen MR) is 92.7 cm³/mol. The van der Waals surface area contributed by atoms with E-state index >= 15 is 0 Å². The van der Waals surface area contributed by atoms with Crippen LogP contribution in [0.4, 0.5) is 5.69 Å². The Morgan fingerprint density at radius 1 is 1.33 bits per heavy atom. The molecule has 0 bridgehead atoms. The third-order valence-corrected chi connectivity index (χ3v) is 4.37. The number of nitrogens with one attached hydrogen (secondary N) is 1. The number of hydrogen-bond donors (Lipinski definition) is 2. The van der Waals surface area contributed by atoms with Gasteiger partial charge in [0.05, 0.1) is 11.6 Å². The van der Waals surface area contributed by atoms with Crippen LogP contribution in [0.5, 0.6) is 0 Å². The minimum Gasteiger partial charge on any atom is -0.391 e. The van der Waals surface area contributed by atoms with Crippen molar-refractivity contribution in [1.29, 1.82) is 0 Å². The monoisotopic (exact) mass is 329 g/mol. The summed E-state index contributed by atoms with van der Waals surface area (Å²) in [5.41, 5.74) is 1.64. The van der Waals surface area contributed by atoms with Gasteiger partial charge in [0.25, 0.3) is 0 Å². The number of carbonyl (C=O) groups excluding carboxylic acids is 2. The summed E-state index contributed by atoms with van der Waals surface area (Å²) in [5.74, 6) is -1.24. The third kappa shape index (κ3) is 3.43. The maximum absolute atomic E-state index is 12.2. The highest BCUT2D eigenvalue weighted by Gasteiger charge is 2.26. The number of rotatable bonds is 3. The number of hydrogen-bond acceptors (Lipinski definition) is 3. The van der Waals surface area contributed by atoms with Gasteiger partial charge in [-0.05, 0) is 42.8 Å². The highest BCUT2D eigenvalue weighted by atomic mass is 16.3. The first-order chi connectivity index (χ1) is 11.6. The van der Waals surface area contributed by atoms with E-state index in [2.05, 4.69) is 16.8 Å².